The summed E-state index contributed by atoms with van der Waals surface area (Å²) in [6, 6.07) is 13.4. The monoisotopic (exact) mass is 428 g/mol. The number of rotatable bonds is 8. The van der Waals surface area contributed by atoms with E-state index in [4.69, 9.17) is 4.74 Å². The van der Waals surface area contributed by atoms with Crippen LogP contribution < -0.4 is 10.6 Å². The van der Waals surface area contributed by atoms with Crippen LogP contribution in [0.5, 0.6) is 0 Å². The van der Waals surface area contributed by atoms with Crippen LogP contribution in [0.3, 0.4) is 0 Å². The summed E-state index contributed by atoms with van der Waals surface area (Å²) in [6.45, 7) is 1.11. The van der Waals surface area contributed by atoms with Gasteiger partial charge in [0, 0.05) is 50.1 Å². The summed E-state index contributed by atoms with van der Waals surface area (Å²) in [7, 11) is 3.27. The van der Waals surface area contributed by atoms with E-state index in [-0.39, 0.29) is 5.91 Å². The van der Waals surface area contributed by atoms with E-state index in [9.17, 15) is 4.79 Å². The second-order valence-corrected chi connectivity index (χ2v) is 7.19. The van der Waals surface area contributed by atoms with Gasteiger partial charge in [-0.1, -0.05) is 18.2 Å². The highest BCUT2D eigenvalue weighted by atomic mass is 16.5. The third-order valence-electron chi connectivity index (χ3n) is 5.10. The van der Waals surface area contributed by atoms with E-state index >= 15 is 0 Å². The van der Waals surface area contributed by atoms with Gasteiger partial charge in [-0.25, -0.2) is 9.97 Å². The Balaban J connectivity index is 1.49. The first-order valence-corrected chi connectivity index (χ1v) is 10.3. The zero-order valence-electron chi connectivity index (χ0n) is 18.0. The van der Waals surface area contributed by atoms with Gasteiger partial charge in [0.2, 0.25) is 0 Å². The number of nitrogens with one attached hydrogen (secondary N) is 2. The number of hydrogen-bond acceptors (Lipinski definition) is 7. The minimum atomic E-state index is -0.119. The number of benzene rings is 1. The SMILES string of the molecule is CNC(=O)c1ccnc2c(CCNc3cc(-c4ccnc(COC)c4)ncn3)cccc12. The Morgan fingerprint density at radius 1 is 1.03 bits per heavy atom. The third-order valence-corrected chi connectivity index (χ3v) is 5.10. The molecule has 0 aliphatic rings. The molecule has 0 aliphatic heterocycles. The number of para-hydroxylation sites is 1. The molecular weight excluding hydrogens is 404 g/mol. The van der Waals surface area contributed by atoms with Crippen molar-refractivity contribution in [2.24, 2.45) is 0 Å². The van der Waals surface area contributed by atoms with Crippen molar-refractivity contribution in [1.29, 1.82) is 0 Å². The Kier molecular flexibility index (Phi) is 6.62. The maximum absolute atomic E-state index is 12.2. The molecule has 4 rings (SSSR count). The molecule has 1 amide bonds. The van der Waals surface area contributed by atoms with Gasteiger partial charge in [0.05, 0.1) is 29.1 Å². The number of aromatic nitrogens is 4. The molecule has 0 aliphatic carbocycles. The van der Waals surface area contributed by atoms with Gasteiger partial charge in [-0.3, -0.25) is 14.8 Å². The molecule has 32 heavy (non-hydrogen) atoms. The van der Waals surface area contributed by atoms with Gasteiger partial charge in [-0.2, -0.15) is 0 Å². The number of fused-ring (bicyclic) bond motifs is 1. The summed E-state index contributed by atoms with van der Waals surface area (Å²) in [6.07, 6.45) is 5.70. The molecule has 0 saturated carbocycles. The Hall–Kier alpha value is -3.91. The van der Waals surface area contributed by atoms with Crippen LogP contribution in [-0.2, 0) is 17.8 Å². The van der Waals surface area contributed by atoms with Gasteiger partial charge >= 0.3 is 0 Å². The average Bonchev–Trinajstić information content (AvgIpc) is 2.84. The molecular formula is C24H24N6O2. The zero-order chi connectivity index (χ0) is 22.3. The fourth-order valence-electron chi connectivity index (χ4n) is 3.57. The second-order valence-electron chi connectivity index (χ2n) is 7.19. The van der Waals surface area contributed by atoms with Crippen LogP contribution in [0.2, 0.25) is 0 Å². The van der Waals surface area contributed by atoms with Crippen molar-refractivity contribution < 1.29 is 9.53 Å². The summed E-state index contributed by atoms with van der Waals surface area (Å²) in [5, 5.41) is 6.89. The fourth-order valence-corrected chi connectivity index (χ4v) is 3.57. The summed E-state index contributed by atoms with van der Waals surface area (Å²) in [4.78, 5) is 29.7. The van der Waals surface area contributed by atoms with Crippen LogP contribution in [0.15, 0.2) is 61.2 Å². The Labute approximate surface area is 186 Å². The van der Waals surface area contributed by atoms with E-state index in [1.807, 2.05) is 36.4 Å². The first-order chi connectivity index (χ1) is 15.7. The lowest BCUT2D eigenvalue weighted by Gasteiger charge is -2.10. The maximum Gasteiger partial charge on any atom is 0.251 e. The van der Waals surface area contributed by atoms with E-state index in [2.05, 4.69) is 30.6 Å². The number of pyridine rings is 2. The van der Waals surface area contributed by atoms with E-state index in [0.717, 1.165) is 45.7 Å². The number of anilines is 1. The van der Waals surface area contributed by atoms with Gasteiger partial charge in [-0.05, 0) is 30.2 Å². The number of methoxy groups -OCH3 is 1. The van der Waals surface area contributed by atoms with E-state index in [1.54, 1.807) is 38.9 Å². The topological polar surface area (TPSA) is 102 Å². The van der Waals surface area contributed by atoms with Crippen molar-refractivity contribution in [2.75, 3.05) is 26.0 Å². The first kappa shape index (κ1) is 21.3. The van der Waals surface area contributed by atoms with Gasteiger partial charge in [0.1, 0.15) is 12.1 Å². The smallest absolute Gasteiger partial charge is 0.251 e. The molecule has 0 bridgehead atoms. The van der Waals surface area contributed by atoms with Crippen LogP contribution in [0, 0.1) is 0 Å². The lowest BCUT2D eigenvalue weighted by atomic mass is 10.0. The Morgan fingerprint density at radius 2 is 1.91 bits per heavy atom. The van der Waals surface area contributed by atoms with Crippen LogP contribution in [0.1, 0.15) is 21.6 Å². The minimum absolute atomic E-state index is 0.119. The first-order valence-electron chi connectivity index (χ1n) is 10.3. The predicted molar refractivity (Wildman–Crippen MR) is 123 cm³/mol. The average molecular weight is 428 g/mol. The van der Waals surface area contributed by atoms with Crippen LogP contribution in [0.4, 0.5) is 5.82 Å². The summed E-state index contributed by atoms with van der Waals surface area (Å²) >= 11 is 0. The van der Waals surface area contributed by atoms with Crippen molar-refractivity contribution in [3.8, 4) is 11.3 Å². The summed E-state index contributed by atoms with van der Waals surface area (Å²) in [5.74, 6) is 0.616. The summed E-state index contributed by atoms with van der Waals surface area (Å²) in [5.41, 5.74) is 5.13. The molecule has 0 spiro atoms. The highest BCUT2D eigenvalue weighted by molar-refractivity contribution is 6.06. The fraction of sp³-hybridized carbons (Fsp3) is 0.208. The highest BCUT2D eigenvalue weighted by Crippen LogP contribution is 2.22. The van der Waals surface area contributed by atoms with Crippen molar-refractivity contribution in [2.45, 2.75) is 13.0 Å². The number of carbonyl (C=O) groups excluding carboxylic acids is 1. The molecule has 1 aromatic carbocycles. The van der Waals surface area contributed by atoms with Gasteiger partial charge in [0.25, 0.3) is 5.91 Å². The van der Waals surface area contributed by atoms with Crippen molar-refractivity contribution in [3.63, 3.8) is 0 Å². The van der Waals surface area contributed by atoms with Crippen LogP contribution in [-0.4, -0.2) is 46.5 Å². The number of ether oxygens (including phenoxy) is 1. The third kappa shape index (κ3) is 4.70. The molecule has 3 aromatic heterocycles. The molecule has 3 heterocycles. The molecule has 8 nitrogen and oxygen atoms in total. The summed E-state index contributed by atoms with van der Waals surface area (Å²) < 4.78 is 5.16. The largest absolute Gasteiger partial charge is 0.378 e. The lowest BCUT2D eigenvalue weighted by Crippen LogP contribution is -2.18. The van der Waals surface area contributed by atoms with Crippen molar-refractivity contribution in [1.82, 2.24) is 25.3 Å². The van der Waals surface area contributed by atoms with E-state index < -0.39 is 0 Å². The van der Waals surface area contributed by atoms with Gasteiger partial charge in [-0.15, -0.1) is 0 Å². The molecule has 0 saturated heterocycles. The second kappa shape index (κ2) is 9.93. The molecule has 4 aromatic rings. The van der Waals surface area contributed by atoms with E-state index in [0.29, 0.717) is 18.7 Å². The minimum Gasteiger partial charge on any atom is -0.378 e. The molecule has 2 N–H and O–H groups in total. The van der Waals surface area contributed by atoms with Crippen molar-refractivity contribution in [3.05, 3.63) is 78.0 Å². The zero-order valence-corrected chi connectivity index (χ0v) is 18.0. The quantitative estimate of drug-likeness (QED) is 0.444. The maximum atomic E-state index is 12.2. The van der Waals surface area contributed by atoms with Crippen molar-refractivity contribution >= 4 is 22.6 Å². The van der Waals surface area contributed by atoms with Crippen LogP contribution >= 0.6 is 0 Å². The molecule has 162 valence electrons. The molecule has 0 radical (unpaired) electrons. The van der Waals surface area contributed by atoms with Crippen LogP contribution in [0.25, 0.3) is 22.2 Å². The molecule has 0 atom stereocenters. The predicted octanol–water partition coefficient (Wildman–Crippen LogP) is 3.25. The van der Waals surface area contributed by atoms with Gasteiger partial charge in [0.15, 0.2) is 0 Å². The Bertz CT molecular complexity index is 1240. The number of nitrogens with zero attached hydrogens (tertiary/aromatic N) is 4. The number of hydrogen-bond donors (Lipinski definition) is 2. The normalized spacial score (nSPS) is 10.8. The van der Waals surface area contributed by atoms with E-state index in [1.165, 1.54) is 0 Å². The highest BCUT2D eigenvalue weighted by Gasteiger charge is 2.11. The number of amides is 1. The standard InChI is InChI=1S/C24H24N6O2/c1-25-24(31)20-8-11-28-23-16(4-3-5-19(20)23)6-10-27-22-13-21(29-15-30-22)17-7-9-26-18(12-17)14-32-2/h3-5,7-9,11-13,15H,6,10,14H2,1-2H3,(H,25,31)(H,27,29,30). The lowest BCUT2D eigenvalue weighted by molar-refractivity contribution is 0.0964. The number of carbonyl (C=O) groups is 1. The molecule has 8 heteroatoms. The molecule has 0 fully saturated rings. The van der Waals surface area contributed by atoms with Gasteiger partial charge < -0.3 is 15.4 Å². The Morgan fingerprint density at radius 3 is 2.75 bits per heavy atom. The molecule has 0 unspecified atom stereocenters.